The molecule has 0 spiro atoms. The molecule has 200 valence electrons. The van der Waals surface area contributed by atoms with Crippen LogP contribution >= 0.6 is 0 Å². The van der Waals surface area contributed by atoms with Crippen LogP contribution in [0.5, 0.6) is 0 Å². The number of carbonyl (C=O) groups excluding carboxylic acids is 2. The summed E-state index contributed by atoms with van der Waals surface area (Å²) >= 11 is 0. The van der Waals surface area contributed by atoms with Crippen LogP contribution in [0, 0.1) is 18.8 Å². The molecule has 11 nitrogen and oxygen atoms in total. The second-order valence-electron chi connectivity index (χ2n) is 9.23. The number of piperidine rings is 1. The number of aryl methyl sites for hydroxylation is 1. The van der Waals surface area contributed by atoms with E-state index in [0.29, 0.717) is 6.42 Å². The summed E-state index contributed by atoms with van der Waals surface area (Å²) < 4.78 is 28.4. The molecule has 36 heavy (non-hydrogen) atoms. The molecular weight excluding hydrogens is 490 g/mol. The lowest BCUT2D eigenvalue weighted by Crippen LogP contribution is -2.54. The van der Waals surface area contributed by atoms with Crippen LogP contribution < -0.4 is 10.0 Å². The van der Waals surface area contributed by atoms with Gasteiger partial charge in [-0.25, -0.2) is 13.2 Å². The van der Waals surface area contributed by atoms with Crippen molar-refractivity contribution in [2.75, 3.05) is 13.1 Å². The fourth-order valence-corrected chi connectivity index (χ4v) is 5.27. The van der Waals surface area contributed by atoms with Crippen molar-refractivity contribution in [2.24, 2.45) is 11.8 Å². The third kappa shape index (κ3) is 8.02. The van der Waals surface area contributed by atoms with E-state index in [1.54, 1.807) is 19.1 Å². The monoisotopic (exact) mass is 525 g/mol. The van der Waals surface area contributed by atoms with Gasteiger partial charge in [-0.1, -0.05) is 38.0 Å². The minimum atomic E-state index is -3.93. The van der Waals surface area contributed by atoms with Gasteiger partial charge in [0.05, 0.1) is 4.90 Å². The summed E-state index contributed by atoms with van der Waals surface area (Å²) in [6.07, 6.45) is 0.505. The van der Waals surface area contributed by atoms with Crippen molar-refractivity contribution >= 4 is 33.8 Å². The number of nitrogens with one attached hydrogen (secondary N) is 2. The lowest BCUT2D eigenvalue weighted by Gasteiger charge is -2.35. The fraction of sp³-hybridized carbons (Fsp3) is 0.583. The van der Waals surface area contributed by atoms with E-state index in [2.05, 4.69) is 10.0 Å². The summed E-state index contributed by atoms with van der Waals surface area (Å²) in [5.41, 5.74) is 0.909. The van der Waals surface area contributed by atoms with Crippen LogP contribution in [0.1, 0.15) is 51.5 Å². The molecule has 1 aliphatic heterocycles. The summed E-state index contributed by atoms with van der Waals surface area (Å²) in [4.78, 5) is 49.6. The summed E-state index contributed by atoms with van der Waals surface area (Å²) in [5, 5.41) is 20.4. The highest BCUT2D eigenvalue weighted by Gasteiger charge is 2.36. The molecule has 1 saturated heterocycles. The molecular formula is C24H35N3O8S. The van der Waals surface area contributed by atoms with Gasteiger partial charge in [0.2, 0.25) is 21.8 Å². The maximum atomic E-state index is 13.3. The van der Waals surface area contributed by atoms with Gasteiger partial charge in [0.25, 0.3) is 0 Å². The first-order chi connectivity index (χ1) is 16.9. The van der Waals surface area contributed by atoms with E-state index in [4.69, 9.17) is 5.11 Å². The van der Waals surface area contributed by atoms with Crippen LogP contribution in [0.2, 0.25) is 0 Å². The highest BCUT2D eigenvalue weighted by molar-refractivity contribution is 7.89. The Labute approximate surface area is 211 Å². The third-order valence-electron chi connectivity index (χ3n) is 6.53. The summed E-state index contributed by atoms with van der Waals surface area (Å²) in [6.45, 7) is 5.93. The third-order valence-corrected chi connectivity index (χ3v) is 7.99. The Kier molecular flexibility index (Phi) is 10.4. The Morgan fingerprint density at radius 2 is 1.67 bits per heavy atom. The second-order valence-corrected chi connectivity index (χ2v) is 10.9. The van der Waals surface area contributed by atoms with Crippen LogP contribution in [0.25, 0.3) is 0 Å². The lowest BCUT2D eigenvalue weighted by atomic mass is 9.93. The molecule has 3 atom stereocenters. The van der Waals surface area contributed by atoms with Gasteiger partial charge < -0.3 is 20.4 Å². The standard InChI is InChI=1S/C24H35N3O8S/c1-4-16(3)21(26-36(34,35)18-7-5-15(2)6-8-18)23(31)27-13-11-17(12-14-27)22(30)25-19(24(32)33)9-10-20(28)29/h5-8,16-17,19,21,26H,4,9-14H2,1-3H3,(H,25,30)(H,28,29)(H,32,33)/t16-,19-,21-/m0/s1. The number of rotatable bonds is 12. The molecule has 1 heterocycles. The first-order valence-electron chi connectivity index (χ1n) is 12.0. The smallest absolute Gasteiger partial charge is 0.326 e. The zero-order chi connectivity index (χ0) is 27.0. The second kappa shape index (κ2) is 12.8. The van der Waals surface area contributed by atoms with Crippen molar-refractivity contribution in [1.82, 2.24) is 14.9 Å². The number of likely N-dealkylation sites (tertiary alicyclic amines) is 1. The van der Waals surface area contributed by atoms with E-state index in [1.807, 2.05) is 13.8 Å². The van der Waals surface area contributed by atoms with Gasteiger partial charge in [0, 0.05) is 25.4 Å². The number of amides is 2. The minimum Gasteiger partial charge on any atom is -0.481 e. The van der Waals surface area contributed by atoms with Crippen LogP contribution in [-0.4, -0.2) is 72.5 Å². The summed E-state index contributed by atoms with van der Waals surface area (Å²) in [5.74, 6) is -4.15. The topological polar surface area (TPSA) is 170 Å². The van der Waals surface area contributed by atoms with Crippen molar-refractivity contribution in [3.8, 4) is 0 Å². The largest absolute Gasteiger partial charge is 0.481 e. The van der Waals surface area contributed by atoms with Gasteiger partial charge in [-0.3, -0.25) is 14.4 Å². The van der Waals surface area contributed by atoms with Crippen LogP contribution in [-0.2, 0) is 29.2 Å². The highest BCUT2D eigenvalue weighted by Crippen LogP contribution is 2.22. The molecule has 0 aliphatic carbocycles. The Morgan fingerprint density at radius 3 is 2.17 bits per heavy atom. The average molecular weight is 526 g/mol. The average Bonchev–Trinajstić information content (AvgIpc) is 2.84. The molecule has 0 saturated carbocycles. The highest BCUT2D eigenvalue weighted by atomic mass is 32.2. The molecule has 1 aromatic carbocycles. The number of carboxylic acids is 2. The van der Waals surface area contributed by atoms with Gasteiger partial charge in [-0.05, 0) is 44.2 Å². The van der Waals surface area contributed by atoms with E-state index in [-0.39, 0.29) is 55.5 Å². The molecule has 1 fully saturated rings. The predicted molar refractivity (Wildman–Crippen MR) is 130 cm³/mol. The molecule has 12 heteroatoms. The quantitative estimate of drug-likeness (QED) is 0.317. The van der Waals surface area contributed by atoms with Gasteiger partial charge in [-0.15, -0.1) is 0 Å². The number of hydrogen-bond acceptors (Lipinski definition) is 6. The summed E-state index contributed by atoms with van der Waals surface area (Å²) in [6, 6.07) is 4.06. The van der Waals surface area contributed by atoms with Crippen molar-refractivity contribution < 1.29 is 37.8 Å². The van der Waals surface area contributed by atoms with Gasteiger partial charge in [-0.2, -0.15) is 4.72 Å². The lowest BCUT2D eigenvalue weighted by molar-refractivity contribution is -0.144. The van der Waals surface area contributed by atoms with Crippen LogP contribution in [0.4, 0.5) is 0 Å². The summed E-state index contributed by atoms with van der Waals surface area (Å²) in [7, 11) is -3.93. The molecule has 0 unspecified atom stereocenters. The van der Waals surface area contributed by atoms with Gasteiger partial charge in [0.1, 0.15) is 12.1 Å². The fourth-order valence-electron chi connectivity index (χ4n) is 3.97. The first kappa shape index (κ1) is 29.2. The van der Waals surface area contributed by atoms with Crippen LogP contribution in [0.15, 0.2) is 29.2 Å². The Bertz CT molecular complexity index is 1050. The Hall–Kier alpha value is -2.99. The number of aliphatic carboxylic acids is 2. The Balaban J connectivity index is 2.03. The maximum Gasteiger partial charge on any atom is 0.326 e. The van der Waals surface area contributed by atoms with Crippen LogP contribution in [0.3, 0.4) is 0 Å². The van der Waals surface area contributed by atoms with E-state index in [9.17, 15) is 32.7 Å². The number of benzene rings is 1. The predicted octanol–water partition coefficient (Wildman–Crippen LogP) is 1.36. The number of carbonyl (C=O) groups is 4. The molecule has 4 N–H and O–H groups in total. The van der Waals surface area contributed by atoms with Crippen molar-refractivity contribution in [1.29, 1.82) is 0 Å². The van der Waals surface area contributed by atoms with E-state index in [0.717, 1.165) is 5.56 Å². The number of nitrogens with zero attached hydrogens (tertiary/aromatic N) is 1. The SMILES string of the molecule is CC[C@H](C)[C@H](NS(=O)(=O)c1ccc(C)cc1)C(=O)N1CCC(C(=O)N[C@@H](CCC(=O)O)C(=O)O)CC1. The molecule has 2 rings (SSSR count). The normalized spacial score (nSPS) is 17.1. The molecule has 0 radical (unpaired) electrons. The van der Waals surface area contributed by atoms with E-state index < -0.39 is 45.9 Å². The molecule has 1 aromatic rings. The minimum absolute atomic E-state index is 0.0699. The number of sulfonamides is 1. The number of hydrogen-bond donors (Lipinski definition) is 4. The van der Waals surface area contributed by atoms with E-state index >= 15 is 0 Å². The number of carboxylic acid groups (broad SMARTS) is 2. The molecule has 0 bridgehead atoms. The maximum absolute atomic E-state index is 13.3. The van der Waals surface area contributed by atoms with Crippen molar-refractivity contribution in [3.05, 3.63) is 29.8 Å². The molecule has 0 aromatic heterocycles. The van der Waals surface area contributed by atoms with Gasteiger partial charge >= 0.3 is 11.9 Å². The molecule has 1 aliphatic rings. The zero-order valence-corrected chi connectivity index (χ0v) is 21.6. The Morgan fingerprint density at radius 1 is 1.08 bits per heavy atom. The van der Waals surface area contributed by atoms with Gasteiger partial charge in [0.15, 0.2) is 0 Å². The molecule has 2 amide bonds. The van der Waals surface area contributed by atoms with E-state index in [1.165, 1.54) is 17.0 Å². The zero-order valence-electron chi connectivity index (χ0n) is 20.8. The van der Waals surface area contributed by atoms with Crippen molar-refractivity contribution in [3.63, 3.8) is 0 Å². The van der Waals surface area contributed by atoms with Crippen molar-refractivity contribution in [2.45, 2.75) is 69.9 Å². The first-order valence-corrected chi connectivity index (χ1v) is 13.5.